The summed E-state index contributed by atoms with van der Waals surface area (Å²) in [5.74, 6) is -0.374. The lowest BCUT2D eigenvalue weighted by Crippen LogP contribution is -2.22. The van der Waals surface area contributed by atoms with Crippen LogP contribution in [0.4, 0.5) is 4.39 Å². The lowest BCUT2D eigenvalue weighted by atomic mass is 10.1. The van der Waals surface area contributed by atoms with E-state index in [9.17, 15) is 9.18 Å². The smallest absolute Gasteiger partial charge is 0.277 e. The Hall–Kier alpha value is -2.74. The van der Waals surface area contributed by atoms with Gasteiger partial charge in [0.25, 0.3) is 5.56 Å². The highest BCUT2D eigenvalue weighted by Crippen LogP contribution is 2.22. The molecule has 132 valence electrons. The Morgan fingerprint density at radius 2 is 2.04 bits per heavy atom. The summed E-state index contributed by atoms with van der Waals surface area (Å²) in [5, 5.41) is 4.28. The quantitative estimate of drug-likeness (QED) is 0.516. The maximum Gasteiger partial charge on any atom is 0.277 e. The van der Waals surface area contributed by atoms with E-state index in [1.54, 1.807) is 41.1 Å². The Kier molecular flexibility index (Phi) is 3.99. The Balaban J connectivity index is 1.74. The Morgan fingerprint density at radius 1 is 1.23 bits per heavy atom. The molecule has 0 bridgehead atoms. The summed E-state index contributed by atoms with van der Waals surface area (Å²) in [6.07, 6.45) is 5.04. The molecule has 0 fully saturated rings. The summed E-state index contributed by atoms with van der Waals surface area (Å²) in [7, 11) is 3.57. The molecule has 1 aromatic carbocycles. The number of rotatable bonds is 3. The van der Waals surface area contributed by atoms with Crippen LogP contribution >= 0.6 is 15.9 Å². The molecule has 0 aliphatic rings. The van der Waals surface area contributed by atoms with E-state index >= 15 is 0 Å². The first-order chi connectivity index (χ1) is 12.4. The highest BCUT2D eigenvalue weighted by atomic mass is 79.9. The number of aryl methyl sites for hydroxylation is 2. The van der Waals surface area contributed by atoms with E-state index in [4.69, 9.17) is 0 Å². The van der Waals surface area contributed by atoms with Gasteiger partial charge in [-0.25, -0.2) is 9.37 Å². The van der Waals surface area contributed by atoms with E-state index in [1.165, 1.54) is 10.6 Å². The van der Waals surface area contributed by atoms with Gasteiger partial charge < -0.3 is 9.13 Å². The fourth-order valence-corrected chi connectivity index (χ4v) is 3.49. The zero-order chi connectivity index (χ0) is 18.4. The number of benzene rings is 1. The normalized spacial score (nSPS) is 11.4. The summed E-state index contributed by atoms with van der Waals surface area (Å²) < 4.78 is 20.1. The van der Waals surface area contributed by atoms with Gasteiger partial charge in [0.1, 0.15) is 16.9 Å². The zero-order valence-corrected chi connectivity index (χ0v) is 15.7. The number of nitrogens with zero attached hydrogens (tertiary/aromatic N) is 5. The van der Waals surface area contributed by atoms with Gasteiger partial charge in [-0.15, -0.1) is 0 Å². The largest absolute Gasteiger partial charge is 0.329 e. The number of aromatic nitrogens is 5. The first kappa shape index (κ1) is 16.7. The van der Waals surface area contributed by atoms with E-state index in [0.717, 1.165) is 0 Å². The van der Waals surface area contributed by atoms with Crippen LogP contribution < -0.4 is 5.56 Å². The standard InChI is InChI=1S/C18H15BrFN5O/c1-23-10-21-16-13(19)9-25(18(26)17(16)23)8-12-4-3-11(7-14(12)20)15-5-6-24(2)22-15/h3-7,9-10H,8H2,1-2H3. The van der Waals surface area contributed by atoms with Crippen molar-refractivity contribution in [3.63, 3.8) is 0 Å². The summed E-state index contributed by atoms with van der Waals surface area (Å²) in [4.78, 5) is 16.9. The minimum absolute atomic E-state index is 0.132. The third-order valence-corrected chi connectivity index (χ3v) is 4.88. The van der Waals surface area contributed by atoms with Crippen molar-refractivity contribution in [2.75, 3.05) is 0 Å². The molecular weight excluding hydrogens is 401 g/mol. The fraction of sp³-hybridized carbons (Fsp3) is 0.167. The molecule has 0 unspecified atom stereocenters. The average molecular weight is 416 g/mol. The average Bonchev–Trinajstić information content (AvgIpc) is 3.20. The topological polar surface area (TPSA) is 57.6 Å². The van der Waals surface area contributed by atoms with Gasteiger partial charge in [-0.2, -0.15) is 5.10 Å². The predicted octanol–water partition coefficient (Wildman–Crippen LogP) is 3.09. The molecule has 0 aliphatic carbocycles. The number of hydrogen-bond acceptors (Lipinski definition) is 3. The van der Waals surface area contributed by atoms with E-state index in [1.807, 2.05) is 19.2 Å². The second-order valence-electron chi connectivity index (χ2n) is 6.14. The van der Waals surface area contributed by atoms with Gasteiger partial charge >= 0.3 is 0 Å². The number of halogens is 2. The number of pyridine rings is 1. The number of hydrogen-bond donors (Lipinski definition) is 0. The van der Waals surface area contributed by atoms with E-state index in [-0.39, 0.29) is 17.9 Å². The van der Waals surface area contributed by atoms with Crippen LogP contribution in [0.5, 0.6) is 0 Å². The minimum atomic E-state index is -0.374. The second kappa shape index (κ2) is 6.21. The molecule has 0 N–H and O–H groups in total. The second-order valence-corrected chi connectivity index (χ2v) is 7.00. The predicted molar refractivity (Wildman–Crippen MR) is 100 cm³/mol. The Morgan fingerprint density at radius 3 is 2.73 bits per heavy atom. The van der Waals surface area contributed by atoms with Gasteiger partial charge in [0.05, 0.1) is 23.0 Å². The summed E-state index contributed by atoms with van der Waals surface area (Å²) >= 11 is 3.43. The molecule has 0 saturated heterocycles. The molecule has 0 radical (unpaired) electrons. The van der Waals surface area contributed by atoms with E-state index in [0.29, 0.717) is 32.3 Å². The van der Waals surface area contributed by atoms with Gasteiger partial charge in [-0.05, 0) is 28.1 Å². The van der Waals surface area contributed by atoms with Gasteiger partial charge in [0.15, 0.2) is 0 Å². The SMILES string of the molecule is Cn1ccc(-c2ccc(Cn3cc(Br)c4ncn(C)c4c3=O)c(F)c2)n1. The molecule has 0 atom stereocenters. The summed E-state index contributed by atoms with van der Waals surface area (Å²) in [5.41, 5.74) is 2.69. The van der Waals surface area contributed by atoms with Crippen LogP contribution in [0.15, 0.2) is 52.3 Å². The summed E-state index contributed by atoms with van der Waals surface area (Å²) in [6, 6.07) is 6.77. The third kappa shape index (κ3) is 2.76. The van der Waals surface area contributed by atoms with Gasteiger partial charge in [0.2, 0.25) is 0 Å². The number of imidazole rings is 1. The molecule has 0 saturated carbocycles. The van der Waals surface area contributed by atoms with E-state index in [2.05, 4.69) is 26.0 Å². The molecule has 0 aliphatic heterocycles. The molecule has 4 aromatic rings. The molecular formula is C18H15BrFN5O. The van der Waals surface area contributed by atoms with Crippen molar-refractivity contribution in [3.05, 3.63) is 69.2 Å². The van der Waals surface area contributed by atoms with Crippen molar-refractivity contribution < 1.29 is 4.39 Å². The lowest BCUT2D eigenvalue weighted by Gasteiger charge is -2.10. The van der Waals surface area contributed by atoms with Crippen LogP contribution in [0, 0.1) is 5.82 Å². The van der Waals surface area contributed by atoms with Gasteiger partial charge in [0, 0.05) is 37.6 Å². The van der Waals surface area contributed by atoms with Crippen LogP contribution in [0.2, 0.25) is 0 Å². The molecule has 8 heteroatoms. The molecule has 4 rings (SSSR count). The molecule has 0 spiro atoms. The van der Waals surface area contributed by atoms with Crippen LogP contribution in [-0.2, 0) is 20.6 Å². The Bertz CT molecular complexity index is 1190. The Labute approximate surface area is 156 Å². The summed E-state index contributed by atoms with van der Waals surface area (Å²) in [6.45, 7) is 0.132. The molecule has 6 nitrogen and oxygen atoms in total. The minimum Gasteiger partial charge on any atom is -0.329 e. The molecule has 26 heavy (non-hydrogen) atoms. The molecule has 0 amide bonds. The monoisotopic (exact) mass is 415 g/mol. The first-order valence-electron chi connectivity index (χ1n) is 7.92. The van der Waals surface area contributed by atoms with Gasteiger partial charge in [-0.3, -0.25) is 9.48 Å². The van der Waals surface area contributed by atoms with E-state index < -0.39 is 0 Å². The van der Waals surface area contributed by atoms with Gasteiger partial charge in [-0.1, -0.05) is 12.1 Å². The first-order valence-corrected chi connectivity index (χ1v) is 8.72. The molecule has 3 heterocycles. The highest BCUT2D eigenvalue weighted by molar-refractivity contribution is 9.10. The van der Waals surface area contributed by atoms with Crippen molar-refractivity contribution in [2.45, 2.75) is 6.54 Å². The highest BCUT2D eigenvalue weighted by Gasteiger charge is 2.14. The van der Waals surface area contributed by atoms with Crippen molar-refractivity contribution in [1.29, 1.82) is 0 Å². The van der Waals surface area contributed by atoms with Crippen molar-refractivity contribution >= 4 is 27.0 Å². The maximum absolute atomic E-state index is 14.6. The third-order valence-electron chi connectivity index (χ3n) is 4.30. The fourth-order valence-electron chi connectivity index (χ4n) is 2.95. The van der Waals surface area contributed by atoms with Crippen LogP contribution in [0.1, 0.15) is 5.56 Å². The van der Waals surface area contributed by atoms with Crippen LogP contribution in [0.25, 0.3) is 22.3 Å². The lowest BCUT2D eigenvalue weighted by molar-refractivity contribution is 0.596. The maximum atomic E-state index is 14.6. The molecule has 3 aromatic heterocycles. The van der Waals surface area contributed by atoms with Crippen molar-refractivity contribution in [1.82, 2.24) is 23.9 Å². The van der Waals surface area contributed by atoms with Crippen molar-refractivity contribution in [3.8, 4) is 11.3 Å². The van der Waals surface area contributed by atoms with Crippen LogP contribution in [-0.4, -0.2) is 23.9 Å². The van der Waals surface area contributed by atoms with Crippen LogP contribution in [0.3, 0.4) is 0 Å². The number of fused-ring (bicyclic) bond motifs is 1. The zero-order valence-electron chi connectivity index (χ0n) is 14.1. The van der Waals surface area contributed by atoms with Crippen molar-refractivity contribution in [2.24, 2.45) is 14.1 Å².